The molecule has 5 heteroatoms. The highest BCUT2D eigenvalue weighted by Gasteiger charge is 2.15. The number of hydrogen-bond acceptors (Lipinski definition) is 2. The topological polar surface area (TPSA) is 36.4 Å². The maximum Gasteiger partial charge on any atom is 0.191 e. The summed E-state index contributed by atoms with van der Waals surface area (Å²) in [6, 6.07) is 6.69. The van der Waals surface area contributed by atoms with Crippen LogP contribution < -0.4 is 10.6 Å². The molecular weight excluding hydrogens is 273 g/mol. The normalized spacial score (nSPS) is 12.3. The Hall–Kier alpha value is -1.23. The zero-order valence-corrected chi connectivity index (χ0v) is 13.5. The van der Waals surface area contributed by atoms with E-state index in [1.54, 1.807) is 19.2 Å². The molecule has 1 aromatic rings. The van der Waals surface area contributed by atoms with Crippen molar-refractivity contribution in [1.29, 1.82) is 0 Å². The van der Waals surface area contributed by atoms with Crippen molar-refractivity contribution in [1.82, 2.24) is 10.6 Å². The highest BCUT2D eigenvalue weighted by atomic mass is 32.2. The predicted molar refractivity (Wildman–Crippen MR) is 87.1 cm³/mol. The van der Waals surface area contributed by atoms with Crippen molar-refractivity contribution in [2.75, 3.05) is 26.4 Å². The van der Waals surface area contributed by atoms with E-state index < -0.39 is 0 Å². The highest BCUT2D eigenvalue weighted by molar-refractivity contribution is 7.99. The molecule has 0 amide bonds. The lowest BCUT2D eigenvalue weighted by Gasteiger charge is -2.23. The molecule has 0 atom stereocenters. The summed E-state index contributed by atoms with van der Waals surface area (Å²) in [6.07, 6.45) is 2.87. The van der Waals surface area contributed by atoms with Gasteiger partial charge in [0.25, 0.3) is 0 Å². The van der Waals surface area contributed by atoms with Gasteiger partial charge in [-0.05, 0) is 44.2 Å². The monoisotopic (exact) mass is 297 g/mol. The van der Waals surface area contributed by atoms with Crippen LogP contribution in [0.3, 0.4) is 0 Å². The lowest BCUT2D eigenvalue weighted by atomic mass is 10.1. The molecule has 0 aliphatic carbocycles. The third-order valence-corrected chi connectivity index (χ3v) is 4.30. The average molecular weight is 297 g/mol. The van der Waals surface area contributed by atoms with Gasteiger partial charge in [0.2, 0.25) is 0 Å². The first-order chi connectivity index (χ1) is 9.46. The maximum absolute atomic E-state index is 13.1. The van der Waals surface area contributed by atoms with Crippen LogP contribution in [-0.4, -0.2) is 37.1 Å². The largest absolute Gasteiger partial charge is 0.356 e. The van der Waals surface area contributed by atoms with Crippen molar-refractivity contribution in [2.45, 2.75) is 25.0 Å². The molecule has 0 aromatic heterocycles. The van der Waals surface area contributed by atoms with E-state index in [0.29, 0.717) is 0 Å². The van der Waals surface area contributed by atoms with Gasteiger partial charge < -0.3 is 10.6 Å². The minimum absolute atomic E-state index is 0.167. The first-order valence-corrected chi connectivity index (χ1v) is 7.93. The van der Waals surface area contributed by atoms with Gasteiger partial charge in [-0.3, -0.25) is 4.99 Å². The maximum atomic E-state index is 13.1. The van der Waals surface area contributed by atoms with Crippen molar-refractivity contribution < 1.29 is 4.39 Å². The standard InChI is InChI=1S/C15H24FN3S/c1-15(2,20-4)11-19-14(17-3)18-9-8-12-6-5-7-13(16)10-12/h5-7,10H,8-9,11H2,1-4H3,(H2,17,18,19). The van der Waals surface area contributed by atoms with Gasteiger partial charge >= 0.3 is 0 Å². The molecule has 0 saturated heterocycles. The third kappa shape index (κ3) is 6.28. The summed E-state index contributed by atoms with van der Waals surface area (Å²) in [6.45, 7) is 5.94. The van der Waals surface area contributed by atoms with Crippen LogP contribution in [-0.2, 0) is 6.42 Å². The fourth-order valence-electron chi connectivity index (χ4n) is 1.61. The van der Waals surface area contributed by atoms with Crippen LogP contribution in [0.5, 0.6) is 0 Å². The lowest BCUT2D eigenvalue weighted by molar-refractivity contribution is 0.624. The summed E-state index contributed by atoms with van der Waals surface area (Å²) in [7, 11) is 1.75. The summed E-state index contributed by atoms with van der Waals surface area (Å²) in [5, 5.41) is 6.54. The molecule has 0 aliphatic rings. The zero-order chi connectivity index (χ0) is 15.0. The second kappa shape index (κ2) is 8.15. The minimum Gasteiger partial charge on any atom is -0.356 e. The van der Waals surface area contributed by atoms with Gasteiger partial charge in [0.1, 0.15) is 5.82 Å². The van der Waals surface area contributed by atoms with E-state index in [-0.39, 0.29) is 10.6 Å². The van der Waals surface area contributed by atoms with Crippen molar-refractivity contribution in [3.05, 3.63) is 35.6 Å². The van der Waals surface area contributed by atoms with E-state index in [0.717, 1.165) is 31.0 Å². The van der Waals surface area contributed by atoms with Crippen LogP contribution in [0.1, 0.15) is 19.4 Å². The van der Waals surface area contributed by atoms with Gasteiger partial charge in [-0.2, -0.15) is 11.8 Å². The fraction of sp³-hybridized carbons (Fsp3) is 0.533. The van der Waals surface area contributed by atoms with Crippen LogP contribution >= 0.6 is 11.8 Å². The summed E-state index contributed by atoms with van der Waals surface area (Å²) < 4.78 is 13.2. The second-order valence-corrected chi connectivity index (χ2v) is 6.71. The molecule has 2 N–H and O–H groups in total. The highest BCUT2D eigenvalue weighted by Crippen LogP contribution is 2.19. The minimum atomic E-state index is -0.188. The second-order valence-electron chi connectivity index (χ2n) is 5.20. The van der Waals surface area contributed by atoms with Gasteiger partial charge in [0.05, 0.1) is 0 Å². The Kier molecular flexibility index (Phi) is 6.85. The smallest absolute Gasteiger partial charge is 0.191 e. The van der Waals surface area contributed by atoms with E-state index in [1.165, 1.54) is 6.07 Å². The third-order valence-electron chi connectivity index (χ3n) is 3.05. The number of hydrogen-bond donors (Lipinski definition) is 2. The molecule has 1 aromatic carbocycles. The molecule has 3 nitrogen and oxygen atoms in total. The molecule has 0 radical (unpaired) electrons. The number of nitrogens with one attached hydrogen (secondary N) is 2. The quantitative estimate of drug-likeness (QED) is 0.626. The lowest BCUT2D eigenvalue weighted by Crippen LogP contribution is -2.43. The van der Waals surface area contributed by atoms with Gasteiger partial charge in [-0.25, -0.2) is 4.39 Å². The Morgan fingerprint density at radius 2 is 2.10 bits per heavy atom. The Morgan fingerprint density at radius 3 is 2.70 bits per heavy atom. The molecule has 0 heterocycles. The van der Waals surface area contributed by atoms with Crippen LogP contribution in [0.4, 0.5) is 4.39 Å². The molecule has 0 aliphatic heterocycles. The van der Waals surface area contributed by atoms with Crippen molar-refractivity contribution in [3.63, 3.8) is 0 Å². The number of nitrogens with zero attached hydrogens (tertiary/aromatic N) is 1. The molecule has 112 valence electrons. The van der Waals surface area contributed by atoms with Gasteiger partial charge in [0.15, 0.2) is 5.96 Å². The number of thioether (sulfide) groups is 1. The summed E-state index contributed by atoms with van der Waals surface area (Å²) in [5.41, 5.74) is 0.984. The number of halogens is 1. The number of rotatable bonds is 6. The zero-order valence-electron chi connectivity index (χ0n) is 12.7. The number of benzene rings is 1. The van der Waals surface area contributed by atoms with Crippen molar-refractivity contribution in [3.8, 4) is 0 Å². The molecule has 0 saturated carbocycles. The summed E-state index contributed by atoms with van der Waals surface area (Å²) in [4.78, 5) is 4.19. The molecule has 0 spiro atoms. The first kappa shape index (κ1) is 16.8. The van der Waals surface area contributed by atoms with E-state index in [9.17, 15) is 4.39 Å². The van der Waals surface area contributed by atoms with Gasteiger partial charge in [0, 0.05) is 24.9 Å². The molecule has 0 fully saturated rings. The average Bonchev–Trinajstić information content (AvgIpc) is 2.42. The van der Waals surface area contributed by atoms with E-state index in [1.807, 2.05) is 17.8 Å². The van der Waals surface area contributed by atoms with Crippen LogP contribution in [0, 0.1) is 5.82 Å². The fourth-order valence-corrected chi connectivity index (χ4v) is 1.82. The van der Waals surface area contributed by atoms with E-state index >= 15 is 0 Å². The molecule has 20 heavy (non-hydrogen) atoms. The van der Waals surface area contributed by atoms with E-state index in [2.05, 4.69) is 35.7 Å². The van der Waals surface area contributed by atoms with Crippen molar-refractivity contribution in [2.24, 2.45) is 4.99 Å². The molecular formula is C15H24FN3S. The SMILES string of the molecule is CN=C(NCCc1cccc(F)c1)NCC(C)(C)SC. The number of guanidine groups is 1. The Morgan fingerprint density at radius 1 is 1.35 bits per heavy atom. The number of aliphatic imine (C=N–C) groups is 1. The predicted octanol–water partition coefficient (Wildman–Crippen LogP) is 2.67. The Bertz CT molecular complexity index is 446. The summed E-state index contributed by atoms with van der Waals surface area (Å²) >= 11 is 1.81. The molecule has 1 rings (SSSR count). The summed E-state index contributed by atoms with van der Waals surface area (Å²) in [5.74, 6) is 0.593. The van der Waals surface area contributed by atoms with Gasteiger partial charge in [-0.15, -0.1) is 0 Å². The van der Waals surface area contributed by atoms with Crippen LogP contribution in [0.2, 0.25) is 0 Å². The first-order valence-electron chi connectivity index (χ1n) is 6.71. The van der Waals surface area contributed by atoms with Crippen LogP contribution in [0.25, 0.3) is 0 Å². The van der Waals surface area contributed by atoms with Gasteiger partial charge in [-0.1, -0.05) is 12.1 Å². The van der Waals surface area contributed by atoms with E-state index in [4.69, 9.17) is 0 Å². The molecule has 0 unspecified atom stereocenters. The van der Waals surface area contributed by atoms with Crippen LogP contribution in [0.15, 0.2) is 29.3 Å². The van der Waals surface area contributed by atoms with Crippen molar-refractivity contribution >= 4 is 17.7 Å². The molecule has 0 bridgehead atoms. The Balaban J connectivity index is 2.35. The Labute approximate surface area is 125 Å².